The Morgan fingerprint density at radius 1 is 1.10 bits per heavy atom. The van der Waals surface area contributed by atoms with Crippen molar-refractivity contribution in [1.82, 2.24) is 15.1 Å². The molecular formula is C22H26ClN3O3. The van der Waals surface area contributed by atoms with Crippen LogP contribution in [0.4, 0.5) is 4.79 Å². The minimum atomic E-state index is -0.998. The summed E-state index contributed by atoms with van der Waals surface area (Å²) in [6.07, 6.45) is 1.33. The highest BCUT2D eigenvalue weighted by Crippen LogP contribution is 2.33. The number of hydrogen-bond donors (Lipinski definition) is 1. The van der Waals surface area contributed by atoms with Gasteiger partial charge in [0.15, 0.2) is 0 Å². The molecule has 1 aliphatic rings. The predicted molar refractivity (Wildman–Crippen MR) is 113 cm³/mol. The molecule has 2 aromatic rings. The van der Waals surface area contributed by atoms with Crippen molar-refractivity contribution in [3.05, 3.63) is 65.2 Å². The number of rotatable bonds is 9. The normalized spacial score (nSPS) is 19.0. The molecule has 1 heterocycles. The minimum absolute atomic E-state index is 0.189. The van der Waals surface area contributed by atoms with Crippen molar-refractivity contribution in [2.24, 2.45) is 0 Å². The van der Waals surface area contributed by atoms with Gasteiger partial charge in [-0.25, -0.2) is 9.69 Å². The maximum atomic E-state index is 13.3. The van der Waals surface area contributed by atoms with E-state index < -0.39 is 5.54 Å². The molecule has 1 fully saturated rings. The average molecular weight is 416 g/mol. The first kappa shape index (κ1) is 21.1. The van der Waals surface area contributed by atoms with E-state index in [-0.39, 0.29) is 18.6 Å². The number of halogens is 1. The number of nitrogens with one attached hydrogen (secondary N) is 1. The van der Waals surface area contributed by atoms with E-state index in [1.54, 1.807) is 12.1 Å². The summed E-state index contributed by atoms with van der Waals surface area (Å²) in [4.78, 5) is 29.1. The number of likely N-dealkylation sites (N-methyl/N-ethyl adjacent to an activating group) is 1. The van der Waals surface area contributed by atoms with Crippen LogP contribution in [0.2, 0.25) is 5.02 Å². The van der Waals surface area contributed by atoms with E-state index in [0.29, 0.717) is 30.3 Å². The smallest absolute Gasteiger partial charge is 0.326 e. The molecule has 0 unspecified atom stereocenters. The van der Waals surface area contributed by atoms with Gasteiger partial charge in [-0.3, -0.25) is 9.69 Å². The fourth-order valence-electron chi connectivity index (χ4n) is 3.55. The van der Waals surface area contributed by atoms with Crippen LogP contribution in [0, 0.1) is 0 Å². The molecule has 3 rings (SSSR count). The number of benzene rings is 2. The molecule has 0 bridgehead atoms. The van der Waals surface area contributed by atoms with E-state index >= 15 is 0 Å². The molecule has 29 heavy (non-hydrogen) atoms. The number of nitrogens with zero attached hydrogens (tertiary/aromatic N) is 2. The maximum absolute atomic E-state index is 13.3. The third kappa shape index (κ3) is 4.54. The third-order valence-corrected chi connectivity index (χ3v) is 5.33. The fraction of sp³-hybridized carbons (Fsp3) is 0.364. The molecule has 3 amide bonds. The van der Waals surface area contributed by atoms with Gasteiger partial charge in [-0.2, -0.15) is 0 Å². The Morgan fingerprint density at radius 2 is 1.79 bits per heavy atom. The molecule has 0 aliphatic carbocycles. The Morgan fingerprint density at radius 3 is 2.48 bits per heavy atom. The lowest BCUT2D eigenvalue weighted by molar-refractivity contribution is -0.133. The number of para-hydroxylation sites is 1. The number of carbonyl (C=O) groups excluding carboxylic acids is 2. The lowest BCUT2D eigenvalue weighted by atomic mass is 9.85. The minimum Gasteiger partial charge on any atom is -0.491 e. The van der Waals surface area contributed by atoms with Crippen LogP contribution in [0.5, 0.6) is 5.75 Å². The summed E-state index contributed by atoms with van der Waals surface area (Å²) in [5.74, 6) is 0.401. The SMILES string of the molecule is CCC[C@]1(c2ccccc2)NC(=O)N(CN(C)CCOc2ccccc2Cl)C1=O. The molecular weight excluding hydrogens is 390 g/mol. The van der Waals surface area contributed by atoms with E-state index in [9.17, 15) is 9.59 Å². The Kier molecular flexibility index (Phi) is 6.77. The van der Waals surface area contributed by atoms with Crippen LogP contribution < -0.4 is 10.1 Å². The first-order valence-electron chi connectivity index (χ1n) is 9.73. The number of ether oxygens (including phenoxy) is 1. The highest BCUT2D eigenvalue weighted by atomic mass is 35.5. The second-order valence-electron chi connectivity index (χ2n) is 7.18. The van der Waals surface area contributed by atoms with Crippen LogP contribution in [0.25, 0.3) is 0 Å². The standard InChI is InChI=1S/C22H26ClN3O3/c1-3-13-22(17-9-5-4-6-10-17)20(27)26(21(28)24-22)16-25(2)14-15-29-19-12-8-7-11-18(19)23/h4-12H,3,13-16H2,1-2H3,(H,24,28)/t22-/m1/s1. The van der Waals surface area contributed by atoms with Gasteiger partial charge in [0.2, 0.25) is 0 Å². The summed E-state index contributed by atoms with van der Waals surface area (Å²) in [6.45, 7) is 3.12. The van der Waals surface area contributed by atoms with Gasteiger partial charge in [0.1, 0.15) is 17.9 Å². The average Bonchev–Trinajstić information content (AvgIpc) is 2.95. The van der Waals surface area contributed by atoms with Crippen LogP contribution in [0.1, 0.15) is 25.3 Å². The summed E-state index contributed by atoms with van der Waals surface area (Å²) in [7, 11) is 1.85. The molecule has 0 aromatic heterocycles. The Bertz CT molecular complexity index is 861. The molecule has 0 spiro atoms. The van der Waals surface area contributed by atoms with Crippen molar-refractivity contribution in [3.8, 4) is 5.75 Å². The third-order valence-electron chi connectivity index (χ3n) is 5.02. The first-order valence-corrected chi connectivity index (χ1v) is 10.1. The molecule has 0 radical (unpaired) electrons. The van der Waals surface area contributed by atoms with Crippen molar-refractivity contribution in [1.29, 1.82) is 0 Å². The first-order chi connectivity index (χ1) is 14.0. The zero-order chi connectivity index (χ0) is 20.9. The van der Waals surface area contributed by atoms with Gasteiger partial charge < -0.3 is 10.1 Å². The van der Waals surface area contributed by atoms with Crippen LogP contribution in [0.15, 0.2) is 54.6 Å². The number of amides is 3. The van der Waals surface area contributed by atoms with Gasteiger partial charge in [-0.15, -0.1) is 0 Å². The molecule has 1 aliphatic heterocycles. The van der Waals surface area contributed by atoms with Crippen LogP contribution in [-0.4, -0.2) is 48.6 Å². The second-order valence-corrected chi connectivity index (χ2v) is 7.59. The second kappa shape index (κ2) is 9.29. The molecule has 6 nitrogen and oxygen atoms in total. The van der Waals surface area contributed by atoms with Crippen molar-refractivity contribution in [2.45, 2.75) is 25.3 Å². The van der Waals surface area contributed by atoms with Gasteiger partial charge in [0.25, 0.3) is 5.91 Å². The van der Waals surface area contributed by atoms with Crippen LogP contribution >= 0.6 is 11.6 Å². The summed E-state index contributed by atoms with van der Waals surface area (Å²) in [6, 6.07) is 16.3. The van der Waals surface area contributed by atoms with E-state index in [2.05, 4.69) is 5.32 Å². The summed E-state index contributed by atoms with van der Waals surface area (Å²) < 4.78 is 5.70. The topological polar surface area (TPSA) is 61.9 Å². The van der Waals surface area contributed by atoms with Gasteiger partial charge in [-0.05, 0) is 31.2 Å². The summed E-state index contributed by atoms with van der Waals surface area (Å²) >= 11 is 6.09. The molecule has 1 N–H and O–H groups in total. The molecule has 1 saturated heterocycles. The number of imide groups is 1. The van der Waals surface area contributed by atoms with E-state index in [1.807, 2.05) is 61.3 Å². The monoisotopic (exact) mass is 415 g/mol. The zero-order valence-electron chi connectivity index (χ0n) is 16.7. The zero-order valence-corrected chi connectivity index (χ0v) is 17.5. The lowest BCUT2D eigenvalue weighted by Gasteiger charge is -2.28. The number of hydrogen-bond acceptors (Lipinski definition) is 4. The maximum Gasteiger partial charge on any atom is 0.326 e. The van der Waals surface area contributed by atoms with Crippen molar-refractivity contribution in [2.75, 3.05) is 26.9 Å². The molecule has 1 atom stereocenters. The van der Waals surface area contributed by atoms with Gasteiger partial charge in [0.05, 0.1) is 11.7 Å². The van der Waals surface area contributed by atoms with Crippen molar-refractivity contribution >= 4 is 23.5 Å². The Balaban J connectivity index is 1.64. The van der Waals surface area contributed by atoms with E-state index in [4.69, 9.17) is 16.3 Å². The van der Waals surface area contributed by atoms with Gasteiger partial charge in [-0.1, -0.05) is 67.4 Å². The van der Waals surface area contributed by atoms with Crippen LogP contribution in [0.3, 0.4) is 0 Å². The summed E-state index contributed by atoms with van der Waals surface area (Å²) in [5.41, 5.74) is -0.186. The number of carbonyl (C=O) groups is 2. The quantitative estimate of drug-likeness (QED) is 0.632. The van der Waals surface area contributed by atoms with Gasteiger partial charge in [0, 0.05) is 6.54 Å². The van der Waals surface area contributed by atoms with E-state index in [0.717, 1.165) is 12.0 Å². The van der Waals surface area contributed by atoms with Crippen LogP contribution in [-0.2, 0) is 10.3 Å². The Hall–Kier alpha value is -2.57. The molecule has 154 valence electrons. The van der Waals surface area contributed by atoms with E-state index in [1.165, 1.54) is 4.90 Å². The number of urea groups is 1. The predicted octanol–water partition coefficient (Wildman–Crippen LogP) is 3.86. The van der Waals surface area contributed by atoms with Gasteiger partial charge >= 0.3 is 6.03 Å². The molecule has 0 saturated carbocycles. The highest BCUT2D eigenvalue weighted by Gasteiger charge is 2.51. The fourth-order valence-corrected chi connectivity index (χ4v) is 3.74. The van der Waals surface area contributed by atoms with Crippen molar-refractivity contribution < 1.29 is 14.3 Å². The van der Waals surface area contributed by atoms with Crippen molar-refractivity contribution in [3.63, 3.8) is 0 Å². The Labute approximate surface area is 176 Å². The molecule has 2 aromatic carbocycles. The largest absolute Gasteiger partial charge is 0.491 e. The highest BCUT2D eigenvalue weighted by molar-refractivity contribution is 6.32. The summed E-state index contributed by atoms with van der Waals surface area (Å²) in [5, 5.41) is 3.49. The lowest BCUT2D eigenvalue weighted by Crippen LogP contribution is -2.45. The molecule has 7 heteroatoms.